The van der Waals surface area contributed by atoms with Gasteiger partial charge in [-0.2, -0.15) is 0 Å². The molecule has 0 saturated heterocycles. The van der Waals surface area contributed by atoms with E-state index >= 15 is 0 Å². The van der Waals surface area contributed by atoms with Crippen molar-refractivity contribution in [3.63, 3.8) is 0 Å². The topological polar surface area (TPSA) is 104 Å². The SMILES string of the molecule is CNC(=O)C[C@H](Cc1ccc(-c2nc(C(C)=O)[nH]c2C)cc1)N(C=O)c1ccc(OC(C)C)c(Cl)c1. The summed E-state index contributed by atoms with van der Waals surface area (Å²) in [6.45, 7) is 7.14. The molecule has 3 rings (SSSR count). The van der Waals surface area contributed by atoms with Gasteiger partial charge in [0.2, 0.25) is 12.3 Å². The molecule has 3 aromatic rings. The van der Waals surface area contributed by atoms with Crippen molar-refractivity contribution >= 4 is 35.4 Å². The summed E-state index contributed by atoms with van der Waals surface area (Å²) in [6.07, 6.45) is 1.22. The van der Waals surface area contributed by atoms with Crippen molar-refractivity contribution < 1.29 is 19.1 Å². The Morgan fingerprint density at radius 3 is 2.42 bits per heavy atom. The number of Topliss-reactive ketones (excluding diaryl/α,β-unsaturated/α-hetero) is 1. The minimum Gasteiger partial charge on any atom is -0.489 e. The first-order chi connectivity index (χ1) is 17.1. The highest BCUT2D eigenvalue weighted by molar-refractivity contribution is 6.32. The van der Waals surface area contributed by atoms with Crippen LogP contribution in [0.15, 0.2) is 42.5 Å². The lowest BCUT2D eigenvalue weighted by atomic mass is 9.99. The summed E-state index contributed by atoms with van der Waals surface area (Å²) < 4.78 is 5.69. The van der Waals surface area contributed by atoms with Gasteiger partial charge in [-0.05, 0) is 51.0 Å². The molecule has 36 heavy (non-hydrogen) atoms. The predicted octanol–water partition coefficient (Wildman–Crippen LogP) is 4.74. The number of ether oxygens (including phenoxy) is 1. The minimum absolute atomic E-state index is 0.0428. The zero-order valence-corrected chi connectivity index (χ0v) is 21.8. The number of carbonyl (C=O) groups excluding carboxylic acids is 3. The van der Waals surface area contributed by atoms with Crippen LogP contribution in [-0.4, -0.2) is 47.3 Å². The Morgan fingerprint density at radius 1 is 1.19 bits per heavy atom. The number of imidazole rings is 1. The van der Waals surface area contributed by atoms with Gasteiger partial charge in [0, 0.05) is 43.4 Å². The molecule has 190 valence electrons. The molecule has 1 atom stereocenters. The number of hydrogen-bond acceptors (Lipinski definition) is 5. The first-order valence-electron chi connectivity index (χ1n) is 11.7. The van der Waals surface area contributed by atoms with Gasteiger partial charge in [0.25, 0.3) is 0 Å². The van der Waals surface area contributed by atoms with E-state index in [1.807, 2.05) is 45.0 Å². The second-order valence-electron chi connectivity index (χ2n) is 8.84. The van der Waals surface area contributed by atoms with Crippen LogP contribution in [0.4, 0.5) is 5.69 Å². The highest BCUT2D eigenvalue weighted by Crippen LogP contribution is 2.32. The number of aromatic nitrogens is 2. The smallest absolute Gasteiger partial charge is 0.221 e. The third-order valence-corrected chi connectivity index (χ3v) is 6.00. The quantitative estimate of drug-likeness (QED) is 0.286. The van der Waals surface area contributed by atoms with Crippen molar-refractivity contribution in [2.75, 3.05) is 11.9 Å². The number of aryl methyl sites for hydroxylation is 1. The van der Waals surface area contributed by atoms with E-state index in [2.05, 4.69) is 15.3 Å². The largest absolute Gasteiger partial charge is 0.489 e. The molecule has 0 aliphatic carbocycles. The summed E-state index contributed by atoms with van der Waals surface area (Å²) in [4.78, 5) is 45.1. The van der Waals surface area contributed by atoms with Gasteiger partial charge in [0.1, 0.15) is 5.75 Å². The summed E-state index contributed by atoms with van der Waals surface area (Å²) >= 11 is 6.41. The lowest BCUT2D eigenvalue weighted by molar-refractivity contribution is -0.121. The van der Waals surface area contributed by atoms with Crippen LogP contribution in [-0.2, 0) is 16.0 Å². The van der Waals surface area contributed by atoms with Crippen LogP contribution < -0.4 is 15.0 Å². The summed E-state index contributed by atoms with van der Waals surface area (Å²) in [5.41, 5.74) is 3.88. The van der Waals surface area contributed by atoms with Crippen molar-refractivity contribution in [2.45, 2.75) is 52.7 Å². The lowest BCUT2D eigenvalue weighted by Gasteiger charge is -2.29. The zero-order valence-electron chi connectivity index (χ0n) is 21.1. The van der Waals surface area contributed by atoms with Crippen molar-refractivity contribution in [2.24, 2.45) is 0 Å². The summed E-state index contributed by atoms with van der Waals surface area (Å²) in [5.74, 6) is 0.540. The fraction of sp³-hybridized carbons (Fsp3) is 0.333. The number of halogens is 1. The second kappa shape index (κ2) is 11.9. The number of aromatic amines is 1. The number of ketones is 1. The predicted molar refractivity (Wildman–Crippen MR) is 141 cm³/mol. The van der Waals surface area contributed by atoms with Crippen molar-refractivity contribution in [1.82, 2.24) is 15.3 Å². The van der Waals surface area contributed by atoms with E-state index in [4.69, 9.17) is 16.3 Å². The minimum atomic E-state index is -0.447. The molecule has 1 aromatic heterocycles. The number of rotatable bonds is 11. The number of nitrogens with zero attached hydrogens (tertiary/aromatic N) is 2. The van der Waals surface area contributed by atoms with E-state index in [1.54, 1.807) is 25.2 Å². The number of amides is 2. The van der Waals surface area contributed by atoms with Crippen LogP contribution in [0.3, 0.4) is 0 Å². The number of nitrogens with one attached hydrogen (secondary N) is 2. The molecule has 2 aromatic carbocycles. The standard InChI is InChI=1S/C27H31ClN4O4/c1-16(2)36-24-11-10-21(13-23(24)28)32(15-33)22(14-25(35)29-5)12-19-6-8-20(9-7-19)26-17(3)30-27(31-26)18(4)34/h6-11,13,15-16,22H,12,14H2,1-5H3,(H,29,35)(H,30,31)/t22-/m0/s1. The molecule has 2 amide bonds. The first kappa shape index (κ1) is 26.9. The van der Waals surface area contributed by atoms with Gasteiger partial charge >= 0.3 is 0 Å². The average molecular weight is 511 g/mol. The van der Waals surface area contributed by atoms with Crippen LogP contribution in [0.5, 0.6) is 5.75 Å². The third kappa shape index (κ3) is 6.51. The van der Waals surface area contributed by atoms with Crippen LogP contribution in [0.1, 0.15) is 49.1 Å². The third-order valence-electron chi connectivity index (χ3n) is 5.70. The number of H-pyrrole nitrogens is 1. The molecule has 0 aliphatic heterocycles. The Kier molecular flexibility index (Phi) is 8.88. The van der Waals surface area contributed by atoms with Crippen molar-refractivity contribution in [3.05, 3.63) is 64.6 Å². The summed E-state index contributed by atoms with van der Waals surface area (Å²) in [5, 5.41) is 3.02. The van der Waals surface area contributed by atoms with Crippen LogP contribution in [0, 0.1) is 6.92 Å². The molecule has 0 saturated carbocycles. The van der Waals surface area contributed by atoms with Gasteiger partial charge in [0.05, 0.1) is 16.8 Å². The monoisotopic (exact) mass is 510 g/mol. The van der Waals surface area contributed by atoms with Gasteiger partial charge in [0.15, 0.2) is 11.6 Å². The van der Waals surface area contributed by atoms with Crippen LogP contribution in [0.2, 0.25) is 5.02 Å². The maximum absolute atomic E-state index is 12.3. The Balaban J connectivity index is 1.87. The average Bonchev–Trinajstić information content (AvgIpc) is 3.23. The lowest BCUT2D eigenvalue weighted by Crippen LogP contribution is -2.39. The molecule has 0 spiro atoms. The molecule has 0 radical (unpaired) electrons. The Hall–Kier alpha value is -3.65. The van der Waals surface area contributed by atoms with Gasteiger partial charge in [-0.25, -0.2) is 4.98 Å². The fourth-order valence-electron chi connectivity index (χ4n) is 3.92. The van der Waals surface area contributed by atoms with E-state index in [1.165, 1.54) is 11.8 Å². The molecule has 0 fully saturated rings. The summed E-state index contributed by atoms with van der Waals surface area (Å²) in [7, 11) is 1.57. The molecule has 0 aliphatic rings. The normalized spacial score (nSPS) is 11.8. The maximum atomic E-state index is 12.3. The number of carbonyl (C=O) groups is 3. The molecule has 9 heteroatoms. The first-order valence-corrected chi connectivity index (χ1v) is 12.1. The fourth-order valence-corrected chi connectivity index (χ4v) is 4.14. The highest BCUT2D eigenvalue weighted by atomic mass is 35.5. The van der Waals surface area contributed by atoms with Gasteiger partial charge in [-0.15, -0.1) is 0 Å². The summed E-state index contributed by atoms with van der Waals surface area (Å²) in [6, 6.07) is 12.4. The number of hydrogen-bond donors (Lipinski definition) is 2. The molecule has 0 unspecified atom stereocenters. The highest BCUT2D eigenvalue weighted by Gasteiger charge is 2.23. The van der Waals surface area contributed by atoms with Crippen molar-refractivity contribution in [3.8, 4) is 17.0 Å². The Bertz CT molecular complexity index is 1240. The molecular weight excluding hydrogens is 480 g/mol. The second-order valence-corrected chi connectivity index (χ2v) is 9.25. The Labute approximate surface area is 216 Å². The molecule has 2 N–H and O–H groups in total. The van der Waals surface area contributed by atoms with E-state index in [-0.39, 0.29) is 24.2 Å². The van der Waals surface area contributed by atoms with E-state index < -0.39 is 6.04 Å². The van der Waals surface area contributed by atoms with Gasteiger partial charge < -0.3 is 19.9 Å². The maximum Gasteiger partial charge on any atom is 0.221 e. The van der Waals surface area contributed by atoms with Gasteiger partial charge in [-0.1, -0.05) is 35.9 Å². The van der Waals surface area contributed by atoms with E-state index in [0.717, 1.165) is 16.8 Å². The van der Waals surface area contributed by atoms with Crippen LogP contribution >= 0.6 is 11.6 Å². The Morgan fingerprint density at radius 2 is 1.89 bits per heavy atom. The molecular formula is C27H31ClN4O4. The molecule has 8 nitrogen and oxygen atoms in total. The van der Waals surface area contributed by atoms with Crippen molar-refractivity contribution in [1.29, 1.82) is 0 Å². The number of anilines is 1. The molecule has 1 heterocycles. The van der Waals surface area contributed by atoms with E-state index in [0.29, 0.717) is 40.8 Å². The van der Waals surface area contributed by atoms with Crippen LogP contribution in [0.25, 0.3) is 11.3 Å². The van der Waals surface area contributed by atoms with E-state index in [9.17, 15) is 14.4 Å². The zero-order chi connectivity index (χ0) is 26.4. The number of benzene rings is 2. The van der Waals surface area contributed by atoms with Gasteiger partial charge in [-0.3, -0.25) is 14.4 Å². The molecule has 0 bridgehead atoms.